The third-order valence-electron chi connectivity index (χ3n) is 3.54. The number of oxazole rings is 1. The highest BCUT2D eigenvalue weighted by molar-refractivity contribution is 7.92. The number of nitrogens with zero attached hydrogens (tertiary/aromatic N) is 1. The molecule has 3 aromatic rings. The van der Waals surface area contributed by atoms with Crippen molar-refractivity contribution in [3.63, 3.8) is 0 Å². The molecule has 2 aromatic carbocycles. The van der Waals surface area contributed by atoms with Gasteiger partial charge in [-0.25, -0.2) is 17.8 Å². The number of aromatic nitrogens is 1. The molecule has 1 aromatic heterocycles. The van der Waals surface area contributed by atoms with Gasteiger partial charge in [-0.15, -0.1) is 0 Å². The van der Waals surface area contributed by atoms with Crippen molar-refractivity contribution in [3.05, 3.63) is 65.3 Å². The maximum atomic E-state index is 13.4. The molecule has 0 aliphatic heterocycles. The predicted molar refractivity (Wildman–Crippen MR) is 104 cm³/mol. The van der Waals surface area contributed by atoms with Gasteiger partial charge in [0.25, 0.3) is 0 Å². The zero-order chi connectivity index (χ0) is 20.3. The van der Waals surface area contributed by atoms with E-state index < -0.39 is 21.7 Å². The Morgan fingerprint density at radius 1 is 1.18 bits per heavy atom. The zero-order valence-corrected chi connectivity index (χ0v) is 16.1. The van der Waals surface area contributed by atoms with Crippen molar-refractivity contribution >= 4 is 38.9 Å². The average Bonchev–Trinajstić information content (AvgIpc) is 3.05. The molecule has 10 heteroatoms. The molecule has 0 saturated heterocycles. The van der Waals surface area contributed by atoms with Crippen LogP contribution in [-0.2, 0) is 21.2 Å². The van der Waals surface area contributed by atoms with E-state index in [1.165, 1.54) is 12.3 Å². The number of carbonyl (C=O) groups excluding carboxylic acids is 1. The van der Waals surface area contributed by atoms with Crippen LogP contribution < -0.4 is 10.0 Å². The Balaban J connectivity index is 1.72. The molecular formula is C18H15ClFN3O4S. The predicted octanol–water partition coefficient (Wildman–Crippen LogP) is 3.69. The lowest BCUT2D eigenvalue weighted by Crippen LogP contribution is -2.17. The van der Waals surface area contributed by atoms with Gasteiger partial charge in [-0.2, -0.15) is 0 Å². The van der Waals surface area contributed by atoms with Crippen LogP contribution in [0.25, 0.3) is 11.5 Å². The van der Waals surface area contributed by atoms with E-state index in [-0.39, 0.29) is 17.8 Å². The van der Waals surface area contributed by atoms with Crippen LogP contribution in [0.3, 0.4) is 0 Å². The van der Waals surface area contributed by atoms with Crippen molar-refractivity contribution in [1.82, 2.24) is 4.98 Å². The molecular weight excluding hydrogens is 409 g/mol. The number of amides is 1. The normalized spacial score (nSPS) is 11.2. The minimum atomic E-state index is -3.65. The Labute approximate surface area is 165 Å². The van der Waals surface area contributed by atoms with Gasteiger partial charge >= 0.3 is 0 Å². The molecule has 0 unspecified atom stereocenters. The fourth-order valence-electron chi connectivity index (χ4n) is 2.38. The van der Waals surface area contributed by atoms with Gasteiger partial charge in [0.1, 0.15) is 12.1 Å². The lowest BCUT2D eigenvalue weighted by molar-refractivity contribution is -0.115. The number of hydrogen-bond acceptors (Lipinski definition) is 5. The first-order chi connectivity index (χ1) is 13.2. The number of benzene rings is 2. The quantitative estimate of drug-likeness (QED) is 0.629. The Kier molecular flexibility index (Phi) is 5.66. The highest BCUT2D eigenvalue weighted by Crippen LogP contribution is 2.25. The Morgan fingerprint density at radius 2 is 1.89 bits per heavy atom. The highest BCUT2D eigenvalue weighted by Gasteiger charge is 2.14. The van der Waals surface area contributed by atoms with Crippen molar-refractivity contribution < 1.29 is 22.0 Å². The molecule has 0 aliphatic rings. The second-order valence-electron chi connectivity index (χ2n) is 5.94. The van der Waals surface area contributed by atoms with Gasteiger partial charge in [-0.1, -0.05) is 11.6 Å². The molecule has 2 N–H and O–H groups in total. The van der Waals surface area contributed by atoms with E-state index in [1.54, 1.807) is 24.3 Å². The average molecular weight is 424 g/mol. The van der Waals surface area contributed by atoms with E-state index in [9.17, 15) is 17.6 Å². The first-order valence-electron chi connectivity index (χ1n) is 7.97. The lowest BCUT2D eigenvalue weighted by atomic mass is 10.2. The lowest BCUT2D eigenvalue weighted by Gasteiger charge is -2.11. The summed E-state index contributed by atoms with van der Waals surface area (Å²) in [6.07, 6.45) is 2.16. The van der Waals surface area contributed by atoms with E-state index in [2.05, 4.69) is 15.0 Å². The van der Waals surface area contributed by atoms with Gasteiger partial charge in [-0.05, 0) is 36.4 Å². The van der Waals surface area contributed by atoms with Crippen molar-refractivity contribution in [1.29, 1.82) is 0 Å². The highest BCUT2D eigenvalue weighted by atomic mass is 35.5. The van der Waals surface area contributed by atoms with E-state index in [0.29, 0.717) is 22.2 Å². The van der Waals surface area contributed by atoms with Crippen LogP contribution in [-0.4, -0.2) is 25.6 Å². The minimum absolute atomic E-state index is 0.0714. The van der Waals surface area contributed by atoms with Crippen LogP contribution in [0.1, 0.15) is 5.69 Å². The van der Waals surface area contributed by atoms with Gasteiger partial charge < -0.3 is 9.73 Å². The Bertz CT molecular complexity index is 1110. The van der Waals surface area contributed by atoms with Crippen molar-refractivity contribution in [2.45, 2.75) is 6.42 Å². The monoisotopic (exact) mass is 423 g/mol. The number of halogens is 2. The molecule has 0 atom stereocenters. The Hall–Kier alpha value is -2.91. The molecule has 7 nitrogen and oxygen atoms in total. The van der Waals surface area contributed by atoms with Crippen LogP contribution in [0.2, 0.25) is 5.02 Å². The van der Waals surface area contributed by atoms with Crippen LogP contribution in [0, 0.1) is 5.82 Å². The van der Waals surface area contributed by atoms with Crippen LogP contribution in [0.4, 0.5) is 15.8 Å². The van der Waals surface area contributed by atoms with Crippen LogP contribution in [0.15, 0.2) is 53.1 Å². The molecule has 0 spiro atoms. The fourth-order valence-corrected chi connectivity index (χ4v) is 3.08. The molecule has 0 saturated carbocycles. The largest absolute Gasteiger partial charge is 0.444 e. The third kappa shape index (κ3) is 5.30. The summed E-state index contributed by atoms with van der Waals surface area (Å²) >= 11 is 5.84. The van der Waals surface area contributed by atoms with Gasteiger partial charge in [0, 0.05) is 16.7 Å². The summed E-state index contributed by atoms with van der Waals surface area (Å²) in [6, 6.07) is 10.2. The molecule has 0 radical (unpaired) electrons. The summed E-state index contributed by atoms with van der Waals surface area (Å²) in [4.78, 5) is 16.5. The summed E-state index contributed by atoms with van der Waals surface area (Å²) in [5, 5.41) is 3.11. The summed E-state index contributed by atoms with van der Waals surface area (Å²) in [5.41, 5.74) is 1.13. The minimum Gasteiger partial charge on any atom is -0.444 e. The van der Waals surface area contributed by atoms with E-state index in [4.69, 9.17) is 16.0 Å². The molecule has 0 fully saturated rings. The second kappa shape index (κ2) is 7.99. The SMILES string of the molecule is CS(=O)(=O)Nc1cc(F)ccc1NC(=O)Cc1coc(-c2ccc(Cl)cc2)n1. The standard InChI is InChI=1S/C18H15ClFN3O4S/c1-28(25,26)23-16-8-13(20)6-7-15(16)22-17(24)9-14-10-27-18(21-14)11-2-4-12(19)5-3-11/h2-8,10,23H,9H2,1H3,(H,22,24). The van der Waals surface area contributed by atoms with Crippen LogP contribution in [0.5, 0.6) is 0 Å². The van der Waals surface area contributed by atoms with Crippen molar-refractivity contribution in [2.75, 3.05) is 16.3 Å². The fraction of sp³-hybridized carbons (Fsp3) is 0.111. The maximum absolute atomic E-state index is 13.4. The summed E-state index contributed by atoms with van der Waals surface area (Å²) in [6.45, 7) is 0. The number of rotatable bonds is 6. The number of sulfonamides is 1. The van der Waals surface area contributed by atoms with Gasteiger partial charge in [0.05, 0.1) is 29.7 Å². The number of nitrogens with one attached hydrogen (secondary N) is 2. The van der Waals surface area contributed by atoms with Crippen LogP contribution >= 0.6 is 11.6 Å². The summed E-state index contributed by atoms with van der Waals surface area (Å²) < 4.78 is 43.8. The Morgan fingerprint density at radius 3 is 2.57 bits per heavy atom. The van der Waals surface area contributed by atoms with Gasteiger partial charge in [0.15, 0.2) is 0 Å². The van der Waals surface area contributed by atoms with Gasteiger partial charge in [0.2, 0.25) is 21.8 Å². The molecule has 28 heavy (non-hydrogen) atoms. The topological polar surface area (TPSA) is 101 Å². The summed E-state index contributed by atoms with van der Waals surface area (Å²) in [7, 11) is -3.65. The van der Waals surface area contributed by atoms with E-state index >= 15 is 0 Å². The second-order valence-corrected chi connectivity index (χ2v) is 8.12. The molecule has 1 heterocycles. The van der Waals surface area contributed by atoms with Gasteiger partial charge in [-0.3, -0.25) is 9.52 Å². The smallest absolute Gasteiger partial charge is 0.230 e. The molecule has 0 aliphatic carbocycles. The molecule has 146 valence electrons. The molecule has 3 rings (SSSR count). The zero-order valence-electron chi connectivity index (χ0n) is 14.6. The van der Waals surface area contributed by atoms with Crippen molar-refractivity contribution in [2.24, 2.45) is 0 Å². The third-order valence-corrected chi connectivity index (χ3v) is 4.38. The first kappa shape index (κ1) is 19.8. The van der Waals surface area contributed by atoms with E-state index in [0.717, 1.165) is 18.4 Å². The maximum Gasteiger partial charge on any atom is 0.230 e. The molecule has 0 bridgehead atoms. The van der Waals surface area contributed by atoms with E-state index in [1.807, 2.05) is 0 Å². The number of carbonyl (C=O) groups is 1. The first-order valence-corrected chi connectivity index (χ1v) is 10.2. The number of hydrogen-bond donors (Lipinski definition) is 2. The molecule has 1 amide bonds. The summed E-state index contributed by atoms with van der Waals surface area (Å²) in [5.74, 6) is -0.784. The number of anilines is 2. The van der Waals surface area contributed by atoms with Crippen molar-refractivity contribution in [3.8, 4) is 11.5 Å².